The van der Waals surface area contributed by atoms with Crippen LogP contribution in [0.1, 0.15) is 21.5 Å². The number of hydrogen-bond donors (Lipinski definition) is 1. The Kier molecular flexibility index (Phi) is 3.54. The Morgan fingerprint density at radius 2 is 2.12 bits per heavy atom. The van der Waals surface area contributed by atoms with Crippen molar-refractivity contribution in [1.29, 1.82) is 0 Å². The Morgan fingerprint density at radius 1 is 1.29 bits per heavy atom. The Hall–Kier alpha value is -2.73. The molecule has 6 heteroatoms. The predicted molar refractivity (Wildman–Crippen MR) is 92.3 cm³/mol. The van der Waals surface area contributed by atoms with Crippen molar-refractivity contribution in [2.75, 3.05) is 5.32 Å². The summed E-state index contributed by atoms with van der Waals surface area (Å²) < 4.78 is 6.28. The van der Waals surface area contributed by atoms with E-state index < -0.39 is 12.1 Å². The number of anilines is 1. The van der Waals surface area contributed by atoms with Gasteiger partial charge in [0.1, 0.15) is 0 Å². The van der Waals surface area contributed by atoms with Gasteiger partial charge in [-0.05, 0) is 36.2 Å². The van der Waals surface area contributed by atoms with Crippen molar-refractivity contribution in [3.05, 3.63) is 59.2 Å². The molecule has 0 saturated carbocycles. The molecule has 24 heavy (non-hydrogen) atoms. The van der Waals surface area contributed by atoms with Crippen molar-refractivity contribution >= 4 is 38.6 Å². The molecule has 0 radical (unpaired) electrons. The van der Waals surface area contributed by atoms with Gasteiger partial charge in [-0.1, -0.05) is 35.6 Å². The number of thiazole rings is 1. The first-order valence-corrected chi connectivity index (χ1v) is 8.39. The van der Waals surface area contributed by atoms with Crippen LogP contribution in [0.3, 0.4) is 0 Å². The minimum absolute atomic E-state index is 0.353. The van der Waals surface area contributed by atoms with Crippen molar-refractivity contribution in [3.63, 3.8) is 0 Å². The smallest absolute Gasteiger partial charge is 0.339 e. The lowest BCUT2D eigenvalue weighted by atomic mass is 9.98. The van der Waals surface area contributed by atoms with E-state index in [4.69, 9.17) is 4.74 Å². The fourth-order valence-corrected chi connectivity index (χ4v) is 3.72. The van der Waals surface area contributed by atoms with E-state index in [1.165, 1.54) is 11.3 Å². The van der Waals surface area contributed by atoms with Crippen LogP contribution in [0.4, 0.5) is 5.13 Å². The van der Waals surface area contributed by atoms with Crippen LogP contribution in [0, 0.1) is 6.92 Å². The second-order valence-electron chi connectivity index (χ2n) is 5.73. The Balaban J connectivity index is 1.55. The van der Waals surface area contributed by atoms with E-state index in [0.29, 0.717) is 17.1 Å². The van der Waals surface area contributed by atoms with Gasteiger partial charge in [0.25, 0.3) is 5.91 Å². The summed E-state index contributed by atoms with van der Waals surface area (Å²) in [6, 6.07) is 13.1. The summed E-state index contributed by atoms with van der Waals surface area (Å²) in [4.78, 5) is 28.9. The van der Waals surface area contributed by atoms with Gasteiger partial charge in [0.2, 0.25) is 0 Å². The van der Waals surface area contributed by atoms with E-state index in [1.807, 2.05) is 37.3 Å². The Morgan fingerprint density at radius 3 is 3.00 bits per heavy atom. The number of aryl methyl sites for hydroxylation is 1. The summed E-state index contributed by atoms with van der Waals surface area (Å²) in [7, 11) is 0. The summed E-state index contributed by atoms with van der Waals surface area (Å²) in [6.07, 6.45) is -0.460. The second-order valence-corrected chi connectivity index (χ2v) is 6.77. The summed E-state index contributed by atoms with van der Waals surface area (Å²) in [5.74, 6) is -0.814. The maximum absolute atomic E-state index is 12.4. The van der Waals surface area contributed by atoms with Crippen LogP contribution in [-0.4, -0.2) is 23.0 Å². The highest BCUT2D eigenvalue weighted by atomic mass is 32.1. The van der Waals surface area contributed by atoms with Gasteiger partial charge in [-0.15, -0.1) is 0 Å². The molecule has 1 aliphatic heterocycles. The standard InChI is InChI=1S/C18H14N2O3S/c1-10-6-7-13-15(8-10)24-18(19-13)20-16(21)14-9-11-4-2-3-5-12(11)17(22)23-14/h2-8,14H,9H2,1H3,(H,19,20,21). The second kappa shape index (κ2) is 5.72. The van der Waals surface area contributed by atoms with E-state index in [1.54, 1.807) is 12.1 Å². The molecule has 5 nitrogen and oxygen atoms in total. The first kappa shape index (κ1) is 14.8. The maximum Gasteiger partial charge on any atom is 0.339 e. The number of fused-ring (bicyclic) bond motifs is 2. The molecule has 1 N–H and O–H groups in total. The summed E-state index contributed by atoms with van der Waals surface area (Å²) in [5.41, 5.74) is 3.33. The summed E-state index contributed by atoms with van der Waals surface area (Å²) >= 11 is 1.41. The van der Waals surface area contributed by atoms with E-state index in [2.05, 4.69) is 10.3 Å². The molecule has 1 aliphatic rings. The lowest BCUT2D eigenvalue weighted by Gasteiger charge is -2.23. The Bertz CT molecular complexity index is 964. The molecular formula is C18H14N2O3S. The molecule has 3 aromatic rings. The molecule has 2 aromatic carbocycles. The molecule has 0 bridgehead atoms. The number of carbonyl (C=O) groups is 2. The van der Waals surface area contributed by atoms with Crippen molar-refractivity contribution < 1.29 is 14.3 Å². The van der Waals surface area contributed by atoms with Gasteiger partial charge in [-0.2, -0.15) is 0 Å². The predicted octanol–water partition coefficient (Wildman–Crippen LogP) is 3.32. The van der Waals surface area contributed by atoms with Crippen LogP contribution < -0.4 is 5.32 Å². The number of nitrogens with one attached hydrogen (secondary N) is 1. The number of esters is 1. The quantitative estimate of drug-likeness (QED) is 0.728. The molecule has 0 spiro atoms. The zero-order valence-electron chi connectivity index (χ0n) is 12.9. The molecule has 0 fully saturated rings. The first-order chi connectivity index (χ1) is 11.6. The van der Waals surface area contributed by atoms with Crippen LogP contribution in [0.2, 0.25) is 0 Å². The van der Waals surface area contributed by atoms with Crippen molar-refractivity contribution in [3.8, 4) is 0 Å². The minimum atomic E-state index is -0.832. The van der Waals surface area contributed by atoms with Gasteiger partial charge in [-0.25, -0.2) is 9.78 Å². The zero-order valence-corrected chi connectivity index (χ0v) is 13.7. The van der Waals surface area contributed by atoms with Crippen LogP contribution >= 0.6 is 11.3 Å². The average molecular weight is 338 g/mol. The normalized spacial score (nSPS) is 16.5. The summed E-state index contributed by atoms with van der Waals surface area (Å²) in [5, 5.41) is 3.27. The molecule has 2 heterocycles. The Labute approximate surface area is 142 Å². The van der Waals surface area contributed by atoms with Gasteiger partial charge < -0.3 is 4.74 Å². The van der Waals surface area contributed by atoms with Crippen molar-refractivity contribution in [2.45, 2.75) is 19.4 Å². The number of benzene rings is 2. The molecular weight excluding hydrogens is 324 g/mol. The van der Waals surface area contributed by atoms with Crippen molar-refractivity contribution in [2.24, 2.45) is 0 Å². The third-order valence-electron chi connectivity index (χ3n) is 3.96. The minimum Gasteiger partial charge on any atom is -0.448 e. The van der Waals surface area contributed by atoms with Crippen LogP contribution in [0.15, 0.2) is 42.5 Å². The van der Waals surface area contributed by atoms with E-state index in [-0.39, 0.29) is 5.91 Å². The van der Waals surface area contributed by atoms with E-state index in [9.17, 15) is 9.59 Å². The number of carbonyl (C=O) groups excluding carboxylic acids is 2. The van der Waals surface area contributed by atoms with Gasteiger partial charge in [-0.3, -0.25) is 10.1 Å². The van der Waals surface area contributed by atoms with E-state index >= 15 is 0 Å². The fourth-order valence-electron chi connectivity index (χ4n) is 2.75. The number of ether oxygens (including phenoxy) is 1. The topological polar surface area (TPSA) is 68.3 Å². The third-order valence-corrected chi connectivity index (χ3v) is 4.89. The highest BCUT2D eigenvalue weighted by Crippen LogP contribution is 2.27. The molecule has 120 valence electrons. The zero-order chi connectivity index (χ0) is 16.7. The molecule has 1 amide bonds. The molecule has 1 aromatic heterocycles. The van der Waals surface area contributed by atoms with Crippen LogP contribution in [-0.2, 0) is 16.0 Å². The largest absolute Gasteiger partial charge is 0.448 e. The number of rotatable bonds is 2. The SMILES string of the molecule is Cc1ccc2nc(NC(=O)C3Cc4ccccc4C(=O)O3)sc2c1. The highest BCUT2D eigenvalue weighted by Gasteiger charge is 2.31. The number of nitrogens with zero attached hydrogens (tertiary/aromatic N) is 1. The number of amides is 1. The average Bonchev–Trinajstić information content (AvgIpc) is 2.96. The van der Waals surface area contributed by atoms with Crippen molar-refractivity contribution in [1.82, 2.24) is 4.98 Å². The molecule has 1 atom stereocenters. The maximum atomic E-state index is 12.4. The molecule has 1 unspecified atom stereocenters. The molecule has 4 rings (SSSR count). The van der Waals surface area contributed by atoms with Gasteiger partial charge >= 0.3 is 5.97 Å². The van der Waals surface area contributed by atoms with Gasteiger partial charge in [0.15, 0.2) is 11.2 Å². The molecule has 0 saturated heterocycles. The van der Waals surface area contributed by atoms with Crippen LogP contribution in [0.25, 0.3) is 10.2 Å². The first-order valence-electron chi connectivity index (χ1n) is 7.57. The van der Waals surface area contributed by atoms with Crippen LogP contribution in [0.5, 0.6) is 0 Å². The lowest BCUT2D eigenvalue weighted by Crippen LogP contribution is -2.37. The number of hydrogen-bond acceptors (Lipinski definition) is 5. The third kappa shape index (κ3) is 2.65. The number of cyclic esters (lactones) is 1. The van der Waals surface area contributed by atoms with Gasteiger partial charge in [0.05, 0.1) is 15.8 Å². The van der Waals surface area contributed by atoms with E-state index in [0.717, 1.165) is 21.3 Å². The monoisotopic (exact) mass is 338 g/mol. The highest BCUT2D eigenvalue weighted by molar-refractivity contribution is 7.22. The molecule has 0 aliphatic carbocycles. The fraction of sp³-hybridized carbons (Fsp3) is 0.167. The summed E-state index contributed by atoms with van der Waals surface area (Å²) in [6.45, 7) is 2.01. The van der Waals surface area contributed by atoms with Gasteiger partial charge in [0, 0.05) is 6.42 Å². The number of aromatic nitrogens is 1. The lowest BCUT2D eigenvalue weighted by molar-refractivity contribution is -0.125.